The van der Waals surface area contributed by atoms with Crippen LogP contribution >= 0.6 is 80.4 Å². The van der Waals surface area contributed by atoms with Gasteiger partial charge in [0, 0.05) is 83.2 Å². The van der Waals surface area contributed by atoms with Crippen LogP contribution in [-0.2, 0) is 9.59 Å². The number of hydrogen-bond donors (Lipinski definition) is 8. The summed E-state index contributed by atoms with van der Waals surface area (Å²) in [7, 11) is 0. The van der Waals surface area contributed by atoms with Gasteiger partial charge in [0.15, 0.2) is 0 Å². The molecule has 1 fully saturated rings. The number of pyridine rings is 1. The first-order valence-electron chi connectivity index (χ1n) is 26.5. The number of carbonyl (C=O) groups is 6. The lowest BCUT2D eigenvalue weighted by Crippen LogP contribution is -2.52. The fourth-order valence-corrected chi connectivity index (χ4v) is 14.0. The Balaban J connectivity index is 0.00000920. The summed E-state index contributed by atoms with van der Waals surface area (Å²) < 4.78 is 0. The van der Waals surface area contributed by atoms with Crippen molar-refractivity contribution >= 4 is 122 Å². The number of hydrogen-bond acceptors (Lipinski definition) is 23. The molecule has 84 heavy (non-hydrogen) atoms. The van der Waals surface area contributed by atoms with Crippen molar-refractivity contribution in [2.45, 2.75) is 91.8 Å². The van der Waals surface area contributed by atoms with Crippen LogP contribution in [0.5, 0.6) is 0 Å². The number of allylic oxidation sites excluding steroid dienone is 2. The molecule has 30 heteroatoms. The van der Waals surface area contributed by atoms with Gasteiger partial charge in [-0.1, -0.05) is 26.0 Å². The Hall–Kier alpha value is -6.64. The van der Waals surface area contributed by atoms with Gasteiger partial charge in [-0.3, -0.25) is 38.6 Å². The van der Waals surface area contributed by atoms with Crippen molar-refractivity contribution in [3.05, 3.63) is 100 Å². The molecule has 9 rings (SSSR count). The third-order valence-corrected chi connectivity index (χ3v) is 18.8. The average Bonchev–Trinajstić information content (AvgIpc) is 4.48. The van der Waals surface area contributed by atoms with Gasteiger partial charge in [0.05, 0.1) is 29.6 Å². The molecule has 9 heterocycles. The summed E-state index contributed by atoms with van der Waals surface area (Å²) >= 11 is 7.08. The zero-order chi connectivity index (χ0) is 59.2. The van der Waals surface area contributed by atoms with Crippen molar-refractivity contribution in [3.8, 4) is 43.4 Å². The molecule has 2 aliphatic rings. The molecule has 5 atom stereocenters. The Morgan fingerprint density at radius 2 is 1.17 bits per heavy atom. The highest BCUT2D eigenvalue weighted by molar-refractivity contribution is 7.15. The maximum absolute atomic E-state index is 14.0. The quantitative estimate of drug-likeness (QED) is 0.0595. The predicted molar refractivity (Wildman–Crippen MR) is 329 cm³/mol. The van der Waals surface area contributed by atoms with Crippen LogP contribution in [-0.4, -0.2) is 154 Å². The van der Waals surface area contributed by atoms with Gasteiger partial charge in [-0.05, 0) is 59.6 Å². The number of nitrogens with one attached hydrogen (secondary N) is 6. The van der Waals surface area contributed by atoms with Crippen molar-refractivity contribution in [1.29, 1.82) is 0 Å². The van der Waals surface area contributed by atoms with Gasteiger partial charge in [0.1, 0.15) is 87.7 Å². The van der Waals surface area contributed by atoms with Crippen molar-refractivity contribution in [3.63, 3.8) is 0 Å². The van der Waals surface area contributed by atoms with Gasteiger partial charge in [-0.25, -0.2) is 34.9 Å². The number of amides is 6. The highest BCUT2D eigenvalue weighted by Crippen LogP contribution is 2.38. The van der Waals surface area contributed by atoms with Crippen LogP contribution in [0.3, 0.4) is 0 Å². The molecule has 8 N–H and O–H groups in total. The largest absolute Gasteiger partial charge is 0.391 e. The van der Waals surface area contributed by atoms with Crippen molar-refractivity contribution in [1.82, 2.24) is 76.6 Å². The smallest absolute Gasteiger partial charge is 0.275 e. The number of aliphatic hydroxyl groups excluding tert-OH is 2. The first kappa shape index (κ1) is 63.4. The van der Waals surface area contributed by atoms with Crippen LogP contribution in [0.2, 0.25) is 0 Å². The fourth-order valence-electron chi connectivity index (χ4n) is 8.79. The predicted octanol–water partition coefficient (Wildman–Crippen LogP) is 6.64. The summed E-state index contributed by atoms with van der Waals surface area (Å²) in [4.78, 5) is 120. The van der Waals surface area contributed by atoms with E-state index in [-0.39, 0.29) is 52.5 Å². The number of rotatable bonds is 12. The van der Waals surface area contributed by atoms with Gasteiger partial charge in [0.2, 0.25) is 5.91 Å². The highest BCUT2D eigenvalue weighted by atomic mass is 35.5. The summed E-state index contributed by atoms with van der Waals surface area (Å²) in [6.45, 7) is 19.3. The molecule has 444 valence electrons. The number of piperazine rings is 1. The fraction of sp³-hybridized carbons (Fsp3) is 0.389. The van der Waals surface area contributed by atoms with Gasteiger partial charge >= 0.3 is 0 Å². The van der Waals surface area contributed by atoms with Crippen LogP contribution < -0.4 is 31.9 Å². The first-order valence-corrected chi connectivity index (χ1v) is 31.8. The van der Waals surface area contributed by atoms with E-state index in [1.54, 1.807) is 59.7 Å². The molecule has 7 aromatic heterocycles. The second-order valence-electron chi connectivity index (χ2n) is 20.0. The van der Waals surface area contributed by atoms with Crippen LogP contribution in [0, 0.1) is 5.92 Å². The monoisotopic (exact) mass is 1280 g/mol. The molecule has 2 aliphatic heterocycles. The van der Waals surface area contributed by atoms with E-state index in [0.29, 0.717) is 77.5 Å². The Morgan fingerprint density at radius 3 is 1.81 bits per heavy atom. The maximum atomic E-state index is 14.0. The number of halogens is 1. The van der Waals surface area contributed by atoms with E-state index in [4.69, 9.17) is 15.0 Å². The van der Waals surface area contributed by atoms with Gasteiger partial charge in [0.25, 0.3) is 29.5 Å². The lowest BCUT2D eigenvalue weighted by atomic mass is 10.1. The maximum Gasteiger partial charge on any atom is 0.275 e. The minimum absolute atomic E-state index is 0. The molecule has 1 saturated heterocycles. The molecule has 23 nitrogen and oxygen atoms in total. The highest BCUT2D eigenvalue weighted by Gasteiger charge is 2.32. The van der Waals surface area contributed by atoms with E-state index >= 15 is 0 Å². The topological polar surface area (TPSA) is 312 Å². The Kier molecular flexibility index (Phi) is 21.2. The molecule has 0 spiro atoms. The summed E-state index contributed by atoms with van der Waals surface area (Å²) in [5.41, 5.74) is 2.55. The van der Waals surface area contributed by atoms with E-state index in [1.807, 2.05) is 13.8 Å². The average molecular weight is 1280 g/mol. The van der Waals surface area contributed by atoms with Crippen molar-refractivity contribution in [2.24, 2.45) is 5.92 Å². The van der Waals surface area contributed by atoms with E-state index in [0.717, 1.165) is 48.9 Å². The minimum atomic E-state index is -1.44. The Bertz CT molecular complexity index is 3590. The summed E-state index contributed by atoms with van der Waals surface area (Å²) in [6.07, 6.45) is 0.645. The minimum Gasteiger partial charge on any atom is -0.391 e. The van der Waals surface area contributed by atoms with Crippen LogP contribution in [0.1, 0.15) is 124 Å². The van der Waals surface area contributed by atoms with E-state index < -0.39 is 65.8 Å². The standard InChI is InChI=1S/C54H61N15O8S6.ClH/c1-9-30(43(72)55-13-14-68-15-17-69(18-16-68)26(5)6)57-44(73)34-21-80-52(62-34)38-24-81-51(64-38)32-12-11-29-42(56-32)33-19-82-54(59-33)41(28(8)71)67-47(76)37-23-83-53(63-37)39(25(3)4)65-45(74)36-22-79-50(61-36)31(10-2)58-48(77)40(27(7)70)66-46(75)35-20-78-49(29)60-35;/h9-12,19-28,39-41,70-71H,13-18H2,1-8H3,(H,55,72)(H,57,73)(H,58,77)(H,65,74)(H,66,75)(H,67,76);1H/b30-9-,31-10-;/t27-,28-,39+,40+,41+;/m1./s1. The van der Waals surface area contributed by atoms with Crippen molar-refractivity contribution in [2.75, 3.05) is 39.3 Å². The lowest BCUT2D eigenvalue weighted by molar-refractivity contribution is -0.124. The summed E-state index contributed by atoms with van der Waals surface area (Å²) in [5.74, 6) is -3.73. The van der Waals surface area contributed by atoms with Gasteiger partial charge in [-0.2, -0.15) is 0 Å². The summed E-state index contributed by atoms with van der Waals surface area (Å²) in [5, 5.41) is 50.9. The molecule has 0 saturated carbocycles. The van der Waals surface area contributed by atoms with Crippen molar-refractivity contribution < 1.29 is 39.0 Å². The molecular formula is C54H62ClN15O8S6. The zero-order valence-electron chi connectivity index (χ0n) is 46.8. The molecule has 0 aromatic carbocycles. The molecular weight excluding hydrogens is 1210 g/mol. The van der Waals surface area contributed by atoms with Gasteiger partial charge in [-0.15, -0.1) is 80.4 Å². The third-order valence-electron chi connectivity index (χ3n) is 13.5. The molecule has 7 aromatic rings. The van der Waals surface area contributed by atoms with E-state index in [1.165, 1.54) is 70.0 Å². The molecule has 0 aliphatic carbocycles. The molecule has 0 radical (unpaired) electrons. The second kappa shape index (κ2) is 28.0. The Morgan fingerprint density at radius 1 is 0.631 bits per heavy atom. The zero-order valence-corrected chi connectivity index (χ0v) is 52.5. The molecule has 0 unspecified atom stereocenters. The molecule has 8 bridgehead atoms. The molecule has 6 amide bonds. The van der Waals surface area contributed by atoms with E-state index in [2.05, 4.69) is 75.5 Å². The van der Waals surface area contributed by atoms with Crippen LogP contribution in [0.4, 0.5) is 0 Å². The first-order chi connectivity index (χ1) is 39.8. The summed E-state index contributed by atoms with van der Waals surface area (Å²) in [6, 6.07) is 0.917. The number of nitrogens with zero attached hydrogens (tertiary/aromatic N) is 9. The van der Waals surface area contributed by atoms with E-state index in [9.17, 15) is 39.0 Å². The van der Waals surface area contributed by atoms with Gasteiger partial charge < -0.3 is 42.1 Å². The third kappa shape index (κ3) is 14.7. The second-order valence-corrected chi connectivity index (χ2v) is 25.3. The van der Waals surface area contributed by atoms with Crippen LogP contribution in [0.25, 0.3) is 49.1 Å². The number of thiazole rings is 6. The SMILES string of the molecule is C/C=C(\NC(=O)c1csc(-c2csc(-c3ccc4c(n3)-c3csc(n3)[C@H]([C@@H](C)O)NC(=O)c3csc(n3)[C@H](C(C)C)NC(=O)c3csc(n3)/C(=C/C)NC(=O)[C@H]([C@@H](C)O)NC(=O)c3csc-4n3)n2)n1)C(=O)NCCN1CCN(C(C)C)CC1.Cl. The van der Waals surface area contributed by atoms with Crippen LogP contribution in [0.15, 0.2) is 62.3 Å². The lowest BCUT2D eigenvalue weighted by Gasteiger charge is -2.36. The number of aliphatic hydroxyl groups is 2. The number of carbonyl (C=O) groups excluding carboxylic acids is 6. The normalized spacial score (nSPS) is 19.0. The number of fused-ring (bicyclic) bond motifs is 11. The number of aromatic nitrogens is 7. The Labute approximate surface area is 514 Å².